The summed E-state index contributed by atoms with van der Waals surface area (Å²) in [4.78, 5) is 21.8. The molecule has 0 amide bonds. The molecule has 0 aliphatic rings. The minimum absolute atomic E-state index is 0.0155. The van der Waals surface area contributed by atoms with E-state index >= 15 is 0 Å². The molecule has 0 aromatic carbocycles. The molecular weight excluding hydrogens is 519 g/mol. The minimum atomic E-state index is -4.43. The van der Waals surface area contributed by atoms with Gasteiger partial charge >= 0.3 is 13.3 Å². The van der Waals surface area contributed by atoms with Gasteiger partial charge in [-0.3, -0.25) is 0 Å². The first-order valence-electron chi connectivity index (χ1n) is 15.4. The molecule has 3 unspecified atom stereocenters. The van der Waals surface area contributed by atoms with Gasteiger partial charge in [0.1, 0.15) is 0 Å². The monoisotopic (exact) mass is 580 g/mol. The van der Waals surface area contributed by atoms with Crippen molar-refractivity contribution in [2.75, 3.05) is 25.6 Å². The van der Waals surface area contributed by atoms with Gasteiger partial charge in [-0.25, -0.2) is 9.36 Å². The van der Waals surface area contributed by atoms with Crippen molar-refractivity contribution in [3.05, 3.63) is 0 Å². The molecule has 0 bridgehead atoms. The van der Waals surface area contributed by atoms with Gasteiger partial charge in [-0.2, -0.15) is 11.8 Å². The van der Waals surface area contributed by atoms with E-state index in [0.717, 1.165) is 6.42 Å². The molecule has 0 rings (SSSR count). The van der Waals surface area contributed by atoms with Crippen molar-refractivity contribution in [2.45, 2.75) is 156 Å². The highest BCUT2D eigenvalue weighted by Gasteiger charge is 2.33. The Kier molecular flexibility index (Phi) is 23.6. The van der Waals surface area contributed by atoms with Crippen LogP contribution in [0, 0.1) is 5.41 Å². The lowest BCUT2D eigenvalue weighted by Gasteiger charge is -2.24. The fraction of sp³-hybridized carbons (Fsp3) is 0.967. The van der Waals surface area contributed by atoms with Crippen LogP contribution < -0.4 is 0 Å². The van der Waals surface area contributed by atoms with Crippen LogP contribution >= 0.6 is 19.4 Å². The Labute approximate surface area is 239 Å². The standard InChI is InChI=1S/C30H61O6PS/c1-7-9-11-13-14-15-16-18-20-25-38-28(22-19-17-12-10-8-2)27(3)34-23-21-24-36-37(32,33)29(31)35-26-30(4,5)6/h27-28H,7-26H2,1-6H3,(H,32,33). The lowest BCUT2D eigenvalue weighted by atomic mass is 9.99. The maximum absolute atomic E-state index is 12.1. The van der Waals surface area contributed by atoms with Gasteiger partial charge in [0.2, 0.25) is 0 Å². The highest BCUT2D eigenvalue weighted by atomic mass is 32.2. The Morgan fingerprint density at radius 2 is 1.34 bits per heavy atom. The van der Waals surface area contributed by atoms with E-state index in [0.29, 0.717) is 18.3 Å². The number of thioether (sulfide) groups is 1. The molecule has 0 aromatic rings. The predicted octanol–water partition coefficient (Wildman–Crippen LogP) is 10.2. The largest absolute Gasteiger partial charge is 0.456 e. The topological polar surface area (TPSA) is 82.1 Å². The van der Waals surface area contributed by atoms with E-state index in [1.807, 2.05) is 32.5 Å². The van der Waals surface area contributed by atoms with Gasteiger partial charge in [0.15, 0.2) is 0 Å². The number of hydrogen-bond donors (Lipinski definition) is 1. The van der Waals surface area contributed by atoms with Gasteiger partial charge in [-0.1, -0.05) is 118 Å². The van der Waals surface area contributed by atoms with Crippen LogP contribution in [0.25, 0.3) is 0 Å². The normalized spacial score (nSPS) is 15.2. The van der Waals surface area contributed by atoms with E-state index in [-0.39, 0.29) is 24.7 Å². The number of unbranched alkanes of at least 4 members (excludes halogenated alkanes) is 12. The Hall–Kier alpha value is -0.0700. The van der Waals surface area contributed by atoms with Crippen molar-refractivity contribution < 1.29 is 28.3 Å². The first kappa shape index (κ1) is 37.9. The lowest BCUT2D eigenvalue weighted by Crippen LogP contribution is -2.25. The summed E-state index contributed by atoms with van der Waals surface area (Å²) in [5.41, 5.74) is -1.46. The summed E-state index contributed by atoms with van der Waals surface area (Å²) in [6.45, 7) is 12.8. The average molecular weight is 581 g/mol. The molecule has 38 heavy (non-hydrogen) atoms. The lowest BCUT2D eigenvalue weighted by molar-refractivity contribution is 0.0533. The summed E-state index contributed by atoms with van der Waals surface area (Å²) in [5, 5.41) is 0.461. The van der Waals surface area contributed by atoms with Crippen molar-refractivity contribution in [1.29, 1.82) is 0 Å². The second kappa shape index (κ2) is 23.6. The first-order chi connectivity index (χ1) is 18.0. The van der Waals surface area contributed by atoms with Crippen LogP contribution in [-0.4, -0.2) is 47.5 Å². The SMILES string of the molecule is CCCCCCCCCCCSC(CCCCCCC)C(C)OCCCOP(=O)(O)C(=O)OCC(C)(C)C. The van der Waals surface area contributed by atoms with Crippen molar-refractivity contribution in [2.24, 2.45) is 5.41 Å². The Morgan fingerprint density at radius 3 is 1.89 bits per heavy atom. The van der Waals surface area contributed by atoms with Crippen molar-refractivity contribution in [3.8, 4) is 0 Å². The minimum Gasteiger partial charge on any atom is -0.456 e. The van der Waals surface area contributed by atoms with Crippen LogP contribution in [-0.2, 0) is 18.6 Å². The van der Waals surface area contributed by atoms with E-state index in [1.165, 1.54) is 95.6 Å². The molecular formula is C30H61O6PS. The quantitative estimate of drug-likeness (QED) is 0.0805. The van der Waals surface area contributed by atoms with Crippen LogP contribution in [0.15, 0.2) is 0 Å². The van der Waals surface area contributed by atoms with Gasteiger partial charge in [-0.05, 0) is 37.4 Å². The third-order valence-corrected chi connectivity index (χ3v) is 9.19. The Balaban J connectivity index is 4.30. The Morgan fingerprint density at radius 1 is 0.816 bits per heavy atom. The van der Waals surface area contributed by atoms with Crippen LogP contribution in [0.4, 0.5) is 4.79 Å². The summed E-state index contributed by atoms with van der Waals surface area (Å²) < 4.78 is 28.1. The van der Waals surface area contributed by atoms with Gasteiger partial charge in [-0.15, -0.1) is 0 Å². The zero-order valence-electron chi connectivity index (χ0n) is 25.6. The maximum atomic E-state index is 12.1. The van der Waals surface area contributed by atoms with E-state index in [4.69, 9.17) is 14.0 Å². The van der Waals surface area contributed by atoms with E-state index in [1.54, 1.807) is 0 Å². The molecule has 6 nitrogen and oxygen atoms in total. The van der Waals surface area contributed by atoms with Gasteiger partial charge in [0.25, 0.3) is 0 Å². The van der Waals surface area contributed by atoms with Gasteiger partial charge < -0.3 is 18.9 Å². The molecule has 0 saturated carbocycles. The zero-order valence-corrected chi connectivity index (χ0v) is 27.4. The van der Waals surface area contributed by atoms with Gasteiger partial charge in [0.05, 0.1) is 19.3 Å². The molecule has 0 saturated heterocycles. The summed E-state index contributed by atoms with van der Waals surface area (Å²) in [6, 6.07) is 0. The van der Waals surface area contributed by atoms with Crippen LogP contribution in [0.5, 0.6) is 0 Å². The molecule has 1 N–H and O–H groups in total. The Bertz CT molecular complexity index is 610. The van der Waals surface area contributed by atoms with E-state index < -0.39 is 13.3 Å². The van der Waals surface area contributed by atoms with Crippen molar-refractivity contribution >= 4 is 25.1 Å². The number of rotatable bonds is 26. The van der Waals surface area contributed by atoms with Crippen LogP contribution in [0.1, 0.15) is 144 Å². The van der Waals surface area contributed by atoms with Crippen molar-refractivity contribution in [1.82, 2.24) is 0 Å². The number of carbonyl (C=O) groups is 1. The third-order valence-electron chi connectivity index (χ3n) is 6.49. The summed E-state index contributed by atoms with van der Waals surface area (Å²) in [6.07, 6.45) is 20.2. The second-order valence-corrected chi connectivity index (χ2v) is 14.9. The summed E-state index contributed by atoms with van der Waals surface area (Å²) in [7, 11) is -4.43. The summed E-state index contributed by atoms with van der Waals surface area (Å²) in [5.74, 6) is 1.18. The molecule has 0 aliphatic heterocycles. The second-order valence-electron chi connectivity index (χ2n) is 11.8. The van der Waals surface area contributed by atoms with Gasteiger partial charge in [0, 0.05) is 11.9 Å². The fourth-order valence-corrected chi connectivity index (χ4v) is 6.15. The third kappa shape index (κ3) is 22.7. The molecule has 0 aromatic heterocycles. The van der Waals surface area contributed by atoms with E-state index in [9.17, 15) is 14.3 Å². The average Bonchev–Trinajstić information content (AvgIpc) is 2.86. The fourth-order valence-electron chi connectivity index (χ4n) is 4.09. The maximum Gasteiger partial charge on any atom is 0.435 e. The van der Waals surface area contributed by atoms with E-state index in [2.05, 4.69) is 20.8 Å². The molecule has 0 fully saturated rings. The molecule has 3 atom stereocenters. The van der Waals surface area contributed by atoms with Crippen LogP contribution in [0.3, 0.4) is 0 Å². The van der Waals surface area contributed by atoms with Crippen molar-refractivity contribution in [3.63, 3.8) is 0 Å². The molecule has 0 radical (unpaired) electrons. The highest BCUT2D eigenvalue weighted by Crippen LogP contribution is 2.44. The first-order valence-corrected chi connectivity index (χ1v) is 18.0. The molecule has 0 aliphatic carbocycles. The van der Waals surface area contributed by atoms with Crippen LogP contribution in [0.2, 0.25) is 0 Å². The summed E-state index contributed by atoms with van der Waals surface area (Å²) >= 11 is 2.05. The number of ether oxygens (including phenoxy) is 2. The smallest absolute Gasteiger partial charge is 0.435 e. The molecule has 228 valence electrons. The predicted molar refractivity (Wildman–Crippen MR) is 163 cm³/mol. The number of hydrogen-bond acceptors (Lipinski definition) is 6. The molecule has 0 spiro atoms. The molecule has 0 heterocycles. The molecule has 8 heteroatoms. The zero-order chi connectivity index (χ0) is 28.7. The highest BCUT2D eigenvalue weighted by molar-refractivity contribution is 7.99. The number of carbonyl (C=O) groups excluding carboxylic acids is 1.